The van der Waals surface area contributed by atoms with Gasteiger partial charge in [-0.05, 0) is 37.5 Å². The largest absolute Gasteiger partial charge is 0.469 e. The number of ether oxygens (including phenoxy) is 1. The molecule has 1 fully saturated rings. The molecule has 2 N–H and O–H groups in total. The van der Waals surface area contributed by atoms with E-state index in [1.165, 1.54) is 13.3 Å². The lowest BCUT2D eigenvalue weighted by molar-refractivity contribution is -0.144. The molecule has 1 unspecified atom stereocenters. The van der Waals surface area contributed by atoms with Crippen LogP contribution in [-0.4, -0.2) is 64.1 Å². The molecule has 0 saturated carbocycles. The maximum atomic E-state index is 12.9. The van der Waals surface area contributed by atoms with Crippen LogP contribution in [0.3, 0.4) is 0 Å². The average Bonchev–Trinajstić information content (AvgIpc) is 3.67. The highest BCUT2D eigenvalue weighted by Gasteiger charge is 2.32. The van der Waals surface area contributed by atoms with Gasteiger partial charge in [0.05, 0.1) is 24.9 Å². The Kier molecular flexibility index (Phi) is 7.28. The summed E-state index contributed by atoms with van der Waals surface area (Å²) in [4.78, 5) is 42.9. The summed E-state index contributed by atoms with van der Waals surface area (Å²) >= 11 is 0. The van der Waals surface area contributed by atoms with Crippen molar-refractivity contribution in [2.75, 3.05) is 20.2 Å². The third-order valence-corrected chi connectivity index (χ3v) is 6.27. The number of aromatic nitrogens is 3. The van der Waals surface area contributed by atoms with Gasteiger partial charge in [0.25, 0.3) is 11.8 Å². The van der Waals surface area contributed by atoms with Crippen LogP contribution >= 0.6 is 0 Å². The van der Waals surface area contributed by atoms with E-state index in [2.05, 4.69) is 20.5 Å². The van der Waals surface area contributed by atoms with Crippen LogP contribution in [0.2, 0.25) is 0 Å². The smallest absolute Gasteiger partial charge is 0.310 e. The fourth-order valence-electron chi connectivity index (χ4n) is 4.13. The van der Waals surface area contributed by atoms with Gasteiger partial charge in [-0.25, -0.2) is 4.98 Å². The van der Waals surface area contributed by atoms with E-state index in [-0.39, 0.29) is 35.5 Å². The number of carbonyl (C=O) groups is 3. The zero-order valence-electron chi connectivity index (χ0n) is 20.0. The lowest BCUT2D eigenvalue weighted by Gasteiger charge is -2.14. The summed E-state index contributed by atoms with van der Waals surface area (Å²) in [5.41, 5.74) is 2.36. The number of likely N-dealkylation sites (tertiary alicyclic amines) is 1. The molecule has 10 heteroatoms. The number of nitrogens with one attached hydrogen (secondary N) is 2. The van der Waals surface area contributed by atoms with Crippen molar-refractivity contribution in [3.63, 3.8) is 0 Å². The highest BCUT2D eigenvalue weighted by molar-refractivity contribution is 5.94. The molecule has 0 radical (unpaired) electrons. The first kappa shape index (κ1) is 24.2. The van der Waals surface area contributed by atoms with Gasteiger partial charge in [-0.3, -0.25) is 19.5 Å². The predicted octanol–water partition coefficient (Wildman–Crippen LogP) is 3.29. The first-order chi connectivity index (χ1) is 16.9. The maximum Gasteiger partial charge on any atom is 0.310 e. The highest BCUT2D eigenvalue weighted by Crippen LogP contribution is 2.27. The zero-order chi connectivity index (χ0) is 24.9. The Hall–Kier alpha value is -3.95. The van der Waals surface area contributed by atoms with Crippen molar-refractivity contribution in [2.45, 2.75) is 39.2 Å². The molecule has 1 atom stereocenters. The number of methoxy groups -OCH3 is 1. The number of hydrogen-bond acceptors (Lipinski definition) is 7. The Morgan fingerprint density at radius 1 is 1.23 bits per heavy atom. The van der Waals surface area contributed by atoms with Crippen molar-refractivity contribution in [3.05, 3.63) is 48.0 Å². The van der Waals surface area contributed by atoms with Gasteiger partial charge in [-0.1, -0.05) is 26.0 Å². The van der Waals surface area contributed by atoms with Crippen LogP contribution in [-0.2, 0) is 9.53 Å². The van der Waals surface area contributed by atoms with E-state index in [9.17, 15) is 14.4 Å². The van der Waals surface area contributed by atoms with E-state index in [1.807, 2.05) is 38.1 Å². The molecule has 10 nitrogen and oxygen atoms in total. The van der Waals surface area contributed by atoms with Crippen molar-refractivity contribution < 1.29 is 23.5 Å². The Balaban J connectivity index is 1.47. The second kappa shape index (κ2) is 10.5. The molecule has 1 aliphatic heterocycles. The molecule has 0 aliphatic carbocycles. The standard InChI is InChI=1S/C25H29N5O5/c1-4-18(5-2)27-22(31)21-13-26-23(35-21)16-8-6-7-15(11-16)19-12-20(29-28-19)24(32)30-10-9-17(14-30)25(33)34-3/h6-8,11-13,17-18H,4-5,9-10,14H2,1-3H3,(H,27,31)(H,28,29). The van der Waals surface area contributed by atoms with Gasteiger partial charge in [0.15, 0.2) is 0 Å². The third kappa shape index (κ3) is 5.26. The number of carbonyl (C=O) groups excluding carboxylic acids is 3. The van der Waals surface area contributed by atoms with Gasteiger partial charge < -0.3 is 19.4 Å². The van der Waals surface area contributed by atoms with E-state index < -0.39 is 0 Å². The van der Waals surface area contributed by atoms with Gasteiger partial charge in [-0.15, -0.1) is 0 Å². The Labute approximate surface area is 203 Å². The second-order valence-corrected chi connectivity index (χ2v) is 8.52. The van der Waals surface area contributed by atoms with E-state index >= 15 is 0 Å². The van der Waals surface area contributed by atoms with E-state index in [0.29, 0.717) is 42.4 Å². The molecule has 1 saturated heterocycles. The Morgan fingerprint density at radius 2 is 2.00 bits per heavy atom. The normalized spacial score (nSPS) is 15.4. The predicted molar refractivity (Wildman–Crippen MR) is 127 cm³/mol. The maximum absolute atomic E-state index is 12.9. The number of H-pyrrole nitrogens is 1. The van der Waals surface area contributed by atoms with Crippen LogP contribution in [0, 0.1) is 5.92 Å². The fraction of sp³-hybridized carbons (Fsp3) is 0.400. The second-order valence-electron chi connectivity index (χ2n) is 8.52. The van der Waals surface area contributed by atoms with E-state index in [1.54, 1.807) is 11.0 Å². The third-order valence-electron chi connectivity index (χ3n) is 6.27. The van der Waals surface area contributed by atoms with Crippen molar-refractivity contribution in [2.24, 2.45) is 5.92 Å². The number of hydrogen-bond donors (Lipinski definition) is 2. The summed E-state index contributed by atoms with van der Waals surface area (Å²) in [5.74, 6) is -0.636. The van der Waals surface area contributed by atoms with Crippen LogP contribution in [0.25, 0.3) is 22.7 Å². The molecular weight excluding hydrogens is 450 g/mol. The molecule has 2 aromatic heterocycles. The number of oxazole rings is 1. The van der Waals surface area contributed by atoms with Crippen LogP contribution in [0.5, 0.6) is 0 Å². The summed E-state index contributed by atoms with van der Waals surface area (Å²) in [6, 6.07) is 9.12. The number of esters is 1. The van der Waals surface area contributed by atoms with Crippen molar-refractivity contribution in [1.82, 2.24) is 25.4 Å². The minimum Gasteiger partial charge on any atom is -0.469 e. The molecule has 184 valence electrons. The minimum atomic E-state index is -0.301. The van der Waals surface area contributed by atoms with Crippen molar-refractivity contribution in [1.29, 1.82) is 0 Å². The van der Waals surface area contributed by atoms with Crippen LogP contribution in [0.15, 0.2) is 40.9 Å². The quantitative estimate of drug-likeness (QED) is 0.474. The van der Waals surface area contributed by atoms with Crippen molar-refractivity contribution in [3.8, 4) is 22.7 Å². The number of amides is 2. The molecular formula is C25H29N5O5. The van der Waals surface area contributed by atoms with Gasteiger partial charge in [0.2, 0.25) is 11.7 Å². The molecule has 4 rings (SSSR count). The number of nitrogens with zero attached hydrogens (tertiary/aromatic N) is 3. The summed E-state index contributed by atoms with van der Waals surface area (Å²) in [7, 11) is 1.35. The SMILES string of the molecule is CCC(CC)NC(=O)c1cnc(-c2cccc(-c3cc(C(=O)N4CCC(C(=O)OC)C4)[nH]n3)c2)o1. The van der Waals surface area contributed by atoms with Crippen LogP contribution in [0.1, 0.15) is 54.2 Å². The average molecular weight is 480 g/mol. The summed E-state index contributed by atoms with van der Waals surface area (Å²) in [6.45, 7) is 4.85. The van der Waals surface area contributed by atoms with Crippen LogP contribution in [0.4, 0.5) is 0 Å². The fourth-order valence-corrected chi connectivity index (χ4v) is 4.13. The van der Waals surface area contributed by atoms with Gasteiger partial charge >= 0.3 is 5.97 Å². The van der Waals surface area contributed by atoms with Gasteiger partial charge in [-0.2, -0.15) is 5.10 Å². The number of rotatable bonds is 8. The Morgan fingerprint density at radius 3 is 2.74 bits per heavy atom. The zero-order valence-corrected chi connectivity index (χ0v) is 20.0. The van der Waals surface area contributed by atoms with E-state index in [4.69, 9.17) is 9.15 Å². The molecule has 3 aromatic rings. The lowest BCUT2D eigenvalue weighted by atomic mass is 10.1. The number of aromatic amines is 1. The molecule has 2 amide bonds. The minimum absolute atomic E-state index is 0.0860. The summed E-state index contributed by atoms with van der Waals surface area (Å²) in [6.07, 6.45) is 3.67. The molecule has 0 spiro atoms. The Bertz CT molecular complexity index is 1210. The van der Waals surface area contributed by atoms with E-state index in [0.717, 1.165) is 18.4 Å². The first-order valence-corrected chi connectivity index (χ1v) is 11.7. The molecule has 1 aliphatic rings. The highest BCUT2D eigenvalue weighted by atomic mass is 16.5. The van der Waals surface area contributed by atoms with Gasteiger partial charge in [0.1, 0.15) is 5.69 Å². The summed E-state index contributed by atoms with van der Waals surface area (Å²) in [5, 5.41) is 10.0. The van der Waals surface area contributed by atoms with Crippen molar-refractivity contribution >= 4 is 17.8 Å². The lowest BCUT2D eigenvalue weighted by Crippen LogP contribution is -2.33. The summed E-state index contributed by atoms with van der Waals surface area (Å²) < 4.78 is 10.5. The first-order valence-electron chi connectivity index (χ1n) is 11.7. The van der Waals surface area contributed by atoms with Crippen LogP contribution < -0.4 is 5.32 Å². The molecule has 1 aromatic carbocycles. The molecule has 3 heterocycles. The topological polar surface area (TPSA) is 130 Å². The van der Waals surface area contributed by atoms with Gasteiger partial charge in [0, 0.05) is 30.3 Å². The molecule has 35 heavy (non-hydrogen) atoms. The monoisotopic (exact) mass is 479 g/mol. The number of benzene rings is 1. The molecule has 0 bridgehead atoms.